The van der Waals surface area contributed by atoms with Gasteiger partial charge in [0.1, 0.15) is 5.82 Å². The molecule has 1 saturated heterocycles. The van der Waals surface area contributed by atoms with Crippen LogP contribution in [0.1, 0.15) is 28.5 Å². The number of fused-ring (bicyclic) bond motifs is 1. The van der Waals surface area contributed by atoms with Crippen molar-refractivity contribution in [3.8, 4) is 11.3 Å². The van der Waals surface area contributed by atoms with Gasteiger partial charge in [0.05, 0.1) is 39.9 Å². The molecule has 32 heavy (non-hydrogen) atoms. The first kappa shape index (κ1) is 22.3. The molecule has 10 heteroatoms. The first-order valence-electron chi connectivity index (χ1n) is 10.4. The third kappa shape index (κ3) is 4.37. The monoisotopic (exact) mass is 459 g/mol. The van der Waals surface area contributed by atoms with Crippen LogP contribution in [-0.4, -0.2) is 72.7 Å². The van der Waals surface area contributed by atoms with Crippen LogP contribution in [0.5, 0.6) is 0 Å². The average molecular weight is 460 g/mol. The van der Waals surface area contributed by atoms with Crippen LogP contribution >= 0.6 is 0 Å². The Morgan fingerprint density at radius 3 is 2.72 bits per heavy atom. The van der Waals surface area contributed by atoms with Crippen LogP contribution in [0, 0.1) is 12.7 Å². The minimum atomic E-state index is -3.15. The van der Waals surface area contributed by atoms with Crippen molar-refractivity contribution in [1.82, 2.24) is 25.0 Å². The number of pyridine rings is 1. The van der Waals surface area contributed by atoms with Crippen molar-refractivity contribution in [3.63, 3.8) is 0 Å². The zero-order valence-electron chi connectivity index (χ0n) is 18.3. The third-order valence-corrected chi connectivity index (χ3v) is 7.38. The SMILES string of the molecule is Cc1nn(C2CCS(=O)(=O)C2)c2nc(-c3ccccc3F)cc(C(=O)NCCN(C)C)c12. The van der Waals surface area contributed by atoms with Gasteiger partial charge in [0.15, 0.2) is 15.5 Å². The van der Waals surface area contributed by atoms with E-state index < -0.39 is 15.7 Å². The van der Waals surface area contributed by atoms with Crippen molar-refractivity contribution in [2.45, 2.75) is 19.4 Å². The van der Waals surface area contributed by atoms with Gasteiger partial charge in [-0.1, -0.05) is 12.1 Å². The van der Waals surface area contributed by atoms with Crippen LogP contribution < -0.4 is 5.32 Å². The first-order chi connectivity index (χ1) is 15.2. The van der Waals surface area contributed by atoms with E-state index in [9.17, 15) is 17.6 Å². The molecule has 170 valence electrons. The smallest absolute Gasteiger partial charge is 0.252 e. The summed E-state index contributed by atoms with van der Waals surface area (Å²) in [5, 5.41) is 8.01. The molecule has 0 bridgehead atoms. The summed E-state index contributed by atoms with van der Waals surface area (Å²) in [4.78, 5) is 19.7. The lowest BCUT2D eigenvalue weighted by Crippen LogP contribution is -2.31. The summed E-state index contributed by atoms with van der Waals surface area (Å²) in [5.74, 6) is -0.703. The number of benzene rings is 1. The lowest BCUT2D eigenvalue weighted by molar-refractivity contribution is 0.0952. The number of rotatable bonds is 6. The van der Waals surface area contributed by atoms with Crippen LogP contribution in [-0.2, 0) is 9.84 Å². The van der Waals surface area contributed by atoms with Crippen LogP contribution in [0.25, 0.3) is 22.3 Å². The lowest BCUT2D eigenvalue weighted by atomic mass is 10.0. The minimum Gasteiger partial charge on any atom is -0.351 e. The van der Waals surface area contributed by atoms with Crippen molar-refractivity contribution in [2.75, 3.05) is 38.7 Å². The number of carbonyl (C=O) groups is 1. The maximum atomic E-state index is 14.6. The average Bonchev–Trinajstić information content (AvgIpc) is 3.26. The maximum absolute atomic E-state index is 14.6. The molecular weight excluding hydrogens is 433 g/mol. The minimum absolute atomic E-state index is 0.0286. The van der Waals surface area contributed by atoms with E-state index in [0.717, 1.165) is 0 Å². The summed E-state index contributed by atoms with van der Waals surface area (Å²) in [6, 6.07) is 7.44. The molecule has 0 radical (unpaired) electrons. The molecule has 1 fully saturated rings. The fraction of sp³-hybridized carbons (Fsp3) is 0.409. The van der Waals surface area contributed by atoms with Gasteiger partial charge in [0.2, 0.25) is 0 Å². The fourth-order valence-corrected chi connectivity index (χ4v) is 5.70. The molecular formula is C22H26FN5O3S. The number of halogens is 1. The molecule has 4 rings (SSSR count). The summed E-state index contributed by atoms with van der Waals surface area (Å²) in [5.41, 5.74) is 1.88. The number of likely N-dealkylation sites (N-methyl/N-ethyl adjacent to an activating group) is 1. The Labute approximate surface area is 186 Å². The maximum Gasteiger partial charge on any atom is 0.252 e. The first-order valence-corrected chi connectivity index (χ1v) is 12.3. The highest BCUT2D eigenvalue weighted by Gasteiger charge is 2.32. The highest BCUT2D eigenvalue weighted by atomic mass is 32.2. The number of amides is 1. The van der Waals surface area contributed by atoms with Gasteiger partial charge < -0.3 is 10.2 Å². The Balaban J connectivity index is 1.87. The lowest BCUT2D eigenvalue weighted by Gasteiger charge is -2.13. The Morgan fingerprint density at radius 1 is 1.31 bits per heavy atom. The number of nitrogens with zero attached hydrogens (tertiary/aromatic N) is 4. The van der Waals surface area contributed by atoms with Crippen LogP contribution in [0.2, 0.25) is 0 Å². The summed E-state index contributed by atoms with van der Waals surface area (Å²) in [7, 11) is 0.676. The predicted octanol–water partition coefficient (Wildman–Crippen LogP) is 2.20. The molecule has 1 atom stereocenters. The Bertz CT molecular complexity index is 1290. The second-order valence-electron chi connectivity index (χ2n) is 8.38. The van der Waals surface area contributed by atoms with E-state index in [1.807, 2.05) is 19.0 Å². The topological polar surface area (TPSA) is 97.2 Å². The molecule has 0 saturated carbocycles. The molecule has 8 nitrogen and oxygen atoms in total. The van der Waals surface area contributed by atoms with E-state index in [-0.39, 0.29) is 29.0 Å². The molecule has 1 unspecified atom stereocenters. The van der Waals surface area contributed by atoms with Gasteiger partial charge in [-0.15, -0.1) is 0 Å². The van der Waals surface area contributed by atoms with E-state index in [0.29, 0.717) is 47.5 Å². The normalized spacial score (nSPS) is 17.8. The number of hydrogen-bond donors (Lipinski definition) is 1. The molecule has 1 aromatic carbocycles. The third-order valence-electron chi connectivity index (χ3n) is 5.63. The second kappa shape index (κ2) is 8.59. The zero-order chi connectivity index (χ0) is 23.0. The number of carbonyl (C=O) groups excluding carboxylic acids is 1. The quantitative estimate of drug-likeness (QED) is 0.607. The zero-order valence-corrected chi connectivity index (χ0v) is 19.1. The predicted molar refractivity (Wildman–Crippen MR) is 121 cm³/mol. The fourth-order valence-electron chi connectivity index (χ4n) is 4.01. The molecule has 1 N–H and O–H groups in total. The van der Waals surface area contributed by atoms with E-state index in [1.165, 1.54) is 6.07 Å². The standard InChI is InChI=1S/C22H26FN5O3S/c1-14-20-17(22(29)24-9-10-27(2)3)12-19(16-6-4-5-7-18(16)23)25-21(20)28(26-14)15-8-11-32(30,31)13-15/h4-7,12,15H,8-11,13H2,1-3H3,(H,24,29). The number of sulfone groups is 1. The van der Waals surface area contributed by atoms with Crippen molar-refractivity contribution >= 4 is 26.8 Å². The Kier molecular flexibility index (Phi) is 6.00. The summed E-state index contributed by atoms with van der Waals surface area (Å²) < 4.78 is 40.3. The van der Waals surface area contributed by atoms with Gasteiger partial charge in [0, 0.05) is 18.7 Å². The van der Waals surface area contributed by atoms with Crippen molar-refractivity contribution in [2.24, 2.45) is 0 Å². The second-order valence-corrected chi connectivity index (χ2v) is 10.6. The number of nitrogens with one attached hydrogen (secondary N) is 1. The molecule has 2 aromatic heterocycles. The van der Waals surface area contributed by atoms with Gasteiger partial charge >= 0.3 is 0 Å². The summed E-state index contributed by atoms with van der Waals surface area (Å²) in [6.07, 6.45) is 0.425. The molecule has 0 spiro atoms. The summed E-state index contributed by atoms with van der Waals surface area (Å²) >= 11 is 0. The van der Waals surface area contributed by atoms with E-state index in [1.54, 1.807) is 35.9 Å². The highest BCUT2D eigenvalue weighted by molar-refractivity contribution is 7.91. The van der Waals surface area contributed by atoms with Crippen LogP contribution in [0.4, 0.5) is 4.39 Å². The summed E-state index contributed by atoms with van der Waals surface area (Å²) in [6.45, 7) is 2.88. The van der Waals surface area contributed by atoms with Crippen LogP contribution in [0.3, 0.4) is 0 Å². The van der Waals surface area contributed by atoms with Gasteiger partial charge in [-0.05, 0) is 45.6 Å². The number of hydrogen-bond acceptors (Lipinski definition) is 6. The van der Waals surface area contributed by atoms with Gasteiger partial charge in [-0.25, -0.2) is 22.5 Å². The van der Waals surface area contributed by atoms with Crippen molar-refractivity contribution in [3.05, 3.63) is 47.4 Å². The Hall–Kier alpha value is -2.85. The van der Waals surface area contributed by atoms with Gasteiger partial charge in [-0.2, -0.15) is 5.10 Å². The van der Waals surface area contributed by atoms with E-state index in [4.69, 9.17) is 0 Å². The van der Waals surface area contributed by atoms with Gasteiger partial charge in [0.25, 0.3) is 5.91 Å². The largest absolute Gasteiger partial charge is 0.351 e. The number of aryl methyl sites for hydroxylation is 1. The van der Waals surface area contributed by atoms with Gasteiger partial charge in [-0.3, -0.25) is 4.79 Å². The molecule has 0 aliphatic carbocycles. The molecule has 3 heterocycles. The molecule has 1 aliphatic rings. The number of aromatic nitrogens is 3. The van der Waals surface area contributed by atoms with E-state index in [2.05, 4.69) is 15.4 Å². The van der Waals surface area contributed by atoms with E-state index >= 15 is 0 Å². The Morgan fingerprint density at radius 2 is 2.06 bits per heavy atom. The molecule has 1 aliphatic heterocycles. The molecule has 3 aromatic rings. The van der Waals surface area contributed by atoms with Crippen molar-refractivity contribution in [1.29, 1.82) is 0 Å². The van der Waals surface area contributed by atoms with Crippen molar-refractivity contribution < 1.29 is 17.6 Å². The molecule has 1 amide bonds. The van der Waals surface area contributed by atoms with Crippen LogP contribution in [0.15, 0.2) is 30.3 Å². The highest BCUT2D eigenvalue weighted by Crippen LogP contribution is 2.32.